The van der Waals surface area contributed by atoms with E-state index in [0.717, 1.165) is 0 Å². The van der Waals surface area contributed by atoms with Crippen molar-refractivity contribution < 1.29 is 9.53 Å². The summed E-state index contributed by atoms with van der Waals surface area (Å²) in [6.07, 6.45) is 1.49. The topological polar surface area (TPSA) is 65.2 Å². The first-order valence-corrected chi connectivity index (χ1v) is 4.43. The van der Waals surface area contributed by atoms with Gasteiger partial charge in [0.25, 0.3) is 0 Å². The van der Waals surface area contributed by atoms with E-state index in [4.69, 9.17) is 17.3 Å². The maximum atomic E-state index is 11.3. The zero-order valence-corrected chi connectivity index (χ0v) is 8.71. The maximum absolute atomic E-state index is 11.3. The fourth-order valence-electron chi connectivity index (χ4n) is 1.09. The summed E-state index contributed by atoms with van der Waals surface area (Å²) in [5.41, 5.74) is 6.66. The van der Waals surface area contributed by atoms with Crippen molar-refractivity contribution in [3.8, 4) is 0 Å². The van der Waals surface area contributed by atoms with Gasteiger partial charge in [0, 0.05) is 17.8 Å². The largest absolute Gasteiger partial charge is 0.465 e. The molecule has 1 aromatic rings. The van der Waals surface area contributed by atoms with Gasteiger partial charge in [0.2, 0.25) is 0 Å². The Hall–Kier alpha value is -1.13. The summed E-state index contributed by atoms with van der Waals surface area (Å²) in [4.78, 5) is 15.2. The van der Waals surface area contributed by atoms with Crippen LogP contribution in [-0.4, -0.2) is 18.1 Å². The molecule has 0 aliphatic carbocycles. The molecule has 0 aliphatic heterocycles. The van der Waals surface area contributed by atoms with Crippen LogP contribution in [0.4, 0.5) is 0 Å². The average Bonchev–Trinajstić information content (AvgIpc) is 2.16. The van der Waals surface area contributed by atoms with E-state index in [1.807, 2.05) is 0 Å². The fraction of sp³-hybridized carbons (Fsp3) is 0.333. The summed E-state index contributed by atoms with van der Waals surface area (Å²) < 4.78 is 4.60. The van der Waals surface area contributed by atoms with Crippen LogP contribution in [0.2, 0.25) is 5.15 Å². The third-order valence-electron chi connectivity index (χ3n) is 1.80. The Morgan fingerprint density at radius 1 is 1.71 bits per heavy atom. The molecule has 14 heavy (non-hydrogen) atoms. The summed E-state index contributed by atoms with van der Waals surface area (Å²) in [5.74, 6) is -0.457. The number of nitrogens with two attached hydrogens (primary N) is 1. The Balaban J connectivity index is 3.22. The number of aromatic nitrogens is 1. The number of hydrogen-bond acceptors (Lipinski definition) is 4. The minimum atomic E-state index is -0.457. The van der Waals surface area contributed by atoms with Gasteiger partial charge in [0.1, 0.15) is 5.15 Å². The molecule has 5 heteroatoms. The zero-order valence-electron chi connectivity index (χ0n) is 7.95. The highest BCUT2D eigenvalue weighted by Gasteiger charge is 2.15. The van der Waals surface area contributed by atoms with Crippen molar-refractivity contribution in [1.82, 2.24) is 4.98 Å². The van der Waals surface area contributed by atoms with Crippen LogP contribution >= 0.6 is 11.6 Å². The second kappa shape index (κ2) is 4.39. The number of carbonyl (C=O) groups is 1. The Morgan fingerprint density at radius 2 is 2.36 bits per heavy atom. The summed E-state index contributed by atoms with van der Waals surface area (Å²) in [7, 11) is 1.31. The fourth-order valence-corrected chi connectivity index (χ4v) is 1.25. The standard InChI is InChI=1S/C9H11ClN2O2/c1-5(11)7-4-12-8(10)3-6(7)9(13)14-2/h3-5H,11H2,1-2H3/t5-/m0/s1. The second-order valence-corrected chi connectivity index (χ2v) is 3.26. The lowest BCUT2D eigenvalue weighted by Crippen LogP contribution is -2.13. The highest BCUT2D eigenvalue weighted by Crippen LogP contribution is 2.18. The SMILES string of the molecule is COC(=O)c1cc(Cl)ncc1[C@H](C)N. The maximum Gasteiger partial charge on any atom is 0.338 e. The van der Waals surface area contributed by atoms with Crippen molar-refractivity contribution in [2.45, 2.75) is 13.0 Å². The molecular formula is C9H11ClN2O2. The molecule has 0 radical (unpaired) electrons. The number of ether oxygens (including phenoxy) is 1. The van der Waals surface area contributed by atoms with Crippen molar-refractivity contribution in [2.75, 3.05) is 7.11 Å². The van der Waals surface area contributed by atoms with Gasteiger partial charge in [-0.1, -0.05) is 11.6 Å². The van der Waals surface area contributed by atoms with E-state index in [-0.39, 0.29) is 11.2 Å². The summed E-state index contributed by atoms with van der Waals surface area (Å²) in [6, 6.07) is 1.17. The normalized spacial score (nSPS) is 12.3. The Bertz CT molecular complexity index is 353. The van der Waals surface area contributed by atoms with Crippen LogP contribution in [-0.2, 0) is 4.74 Å². The molecular weight excluding hydrogens is 204 g/mol. The number of carbonyl (C=O) groups excluding carboxylic acids is 1. The van der Waals surface area contributed by atoms with Gasteiger partial charge in [-0.25, -0.2) is 9.78 Å². The minimum Gasteiger partial charge on any atom is -0.465 e. The molecule has 0 amide bonds. The molecule has 1 rings (SSSR count). The van der Waals surface area contributed by atoms with E-state index < -0.39 is 5.97 Å². The third kappa shape index (κ3) is 2.21. The van der Waals surface area contributed by atoms with Crippen LogP contribution in [0.3, 0.4) is 0 Å². The molecule has 1 heterocycles. The molecule has 4 nitrogen and oxygen atoms in total. The summed E-state index contributed by atoms with van der Waals surface area (Å²) in [5, 5.41) is 0.245. The van der Waals surface area contributed by atoms with E-state index >= 15 is 0 Å². The van der Waals surface area contributed by atoms with E-state index in [2.05, 4.69) is 9.72 Å². The minimum absolute atomic E-state index is 0.245. The highest BCUT2D eigenvalue weighted by molar-refractivity contribution is 6.29. The quantitative estimate of drug-likeness (QED) is 0.599. The van der Waals surface area contributed by atoms with Gasteiger partial charge < -0.3 is 10.5 Å². The molecule has 2 N–H and O–H groups in total. The van der Waals surface area contributed by atoms with Crippen LogP contribution < -0.4 is 5.73 Å². The predicted octanol–water partition coefficient (Wildman–Crippen LogP) is 1.54. The Kier molecular flexibility index (Phi) is 3.43. The monoisotopic (exact) mass is 214 g/mol. The zero-order chi connectivity index (χ0) is 10.7. The number of esters is 1. The molecule has 0 spiro atoms. The number of hydrogen-bond donors (Lipinski definition) is 1. The summed E-state index contributed by atoms with van der Waals surface area (Å²) in [6.45, 7) is 1.76. The van der Waals surface area contributed by atoms with E-state index in [1.54, 1.807) is 6.92 Å². The van der Waals surface area contributed by atoms with Crippen LogP contribution in [0.15, 0.2) is 12.3 Å². The Morgan fingerprint density at radius 3 is 2.86 bits per heavy atom. The number of rotatable bonds is 2. The first-order chi connectivity index (χ1) is 6.56. The Labute approximate surface area is 87.0 Å². The van der Waals surface area contributed by atoms with E-state index in [0.29, 0.717) is 11.1 Å². The van der Waals surface area contributed by atoms with Crippen LogP contribution in [0, 0.1) is 0 Å². The lowest BCUT2D eigenvalue weighted by molar-refractivity contribution is 0.0599. The van der Waals surface area contributed by atoms with Crippen molar-refractivity contribution in [2.24, 2.45) is 5.73 Å². The third-order valence-corrected chi connectivity index (χ3v) is 2.00. The number of nitrogens with zero attached hydrogens (tertiary/aromatic N) is 1. The molecule has 1 aromatic heterocycles. The molecule has 0 aromatic carbocycles. The molecule has 1 atom stereocenters. The van der Waals surface area contributed by atoms with Gasteiger partial charge in [-0.05, 0) is 13.0 Å². The first-order valence-electron chi connectivity index (χ1n) is 4.05. The van der Waals surface area contributed by atoms with Gasteiger partial charge in [-0.3, -0.25) is 0 Å². The molecule has 76 valence electrons. The lowest BCUT2D eigenvalue weighted by atomic mass is 10.1. The number of halogens is 1. The van der Waals surface area contributed by atoms with Gasteiger partial charge in [-0.2, -0.15) is 0 Å². The van der Waals surface area contributed by atoms with E-state index in [1.165, 1.54) is 19.4 Å². The number of pyridine rings is 1. The van der Waals surface area contributed by atoms with Crippen LogP contribution in [0.25, 0.3) is 0 Å². The summed E-state index contributed by atoms with van der Waals surface area (Å²) >= 11 is 5.66. The lowest BCUT2D eigenvalue weighted by Gasteiger charge is -2.10. The van der Waals surface area contributed by atoms with Gasteiger partial charge in [0.05, 0.1) is 12.7 Å². The molecule has 0 unspecified atom stereocenters. The highest BCUT2D eigenvalue weighted by atomic mass is 35.5. The predicted molar refractivity (Wildman–Crippen MR) is 53.2 cm³/mol. The second-order valence-electron chi connectivity index (χ2n) is 2.87. The number of methoxy groups -OCH3 is 1. The van der Waals surface area contributed by atoms with Crippen molar-refractivity contribution >= 4 is 17.6 Å². The van der Waals surface area contributed by atoms with Crippen LogP contribution in [0.5, 0.6) is 0 Å². The molecule has 0 saturated heterocycles. The van der Waals surface area contributed by atoms with Gasteiger partial charge >= 0.3 is 5.97 Å². The average molecular weight is 215 g/mol. The smallest absolute Gasteiger partial charge is 0.338 e. The molecule has 0 bridgehead atoms. The van der Waals surface area contributed by atoms with Gasteiger partial charge in [-0.15, -0.1) is 0 Å². The van der Waals surface area contributed by atoms with Crippen LogP contribution in [0.1, 0.15) is 28.9 Å². The van der Waals surface area contributed by atoms with Crippen molar-refractivity contribution in [3.63, 3.8) is 0 Å². The molecule has 0 saturated carbocycles. The molecule has 0 fully saturated rings. The first kappa shape index (κ1) is 10.9. The molecule has 0 aliphatic rings. The van der Waals surface area contributed by atoms with Gasteiger partial charge in [0.15, 0.2) is 0 Å². The van der Waals surface area contributed by atoms with Crippen molar-refractivity contribution in [3.05, 3.63) is 28.5 Å². The van der Waals surface area contributed by atoms with Crippen molar-refractivity contribution in [1.29, 1.82) is 0 Å². The van der Waals surface area contributed by atoms with E-state index in [9.17, 15) is 4.79 Å².